The van der Waals surface area contributed by atoms with Crippen LogP contribution in [0.3, 0.4) is 0 Å². The van der Waals surface area contributed by atoms with Gasteiger partial charge in [0.05, 0.1) is 12.2 Å². The van der Waals surface area contributed by atoms with Gasteiger partial charge in [-0.3, -0.25) is 4.90 Å². The monoisotopic (exact) mass is 265 g/mol. The third-order valence-corrected chi connectivity index (χ3v) is 2.72. The fraction of sp³-hybridized carbons (Fsp3) is 0.533. The van der Waals surface area contributed by atoms with E-state index >= 15 is 0 Å². The second kappa shape index (κ2) is 7.92. The number of nitrogens with zero attached hydrogens (tertiary/aromatic N) is 1. The number of carboxylic acid groups (broad SMARTS) is 1. The zero-order chi connectivity index (χ0) is 14.3. The minimum atomic E-state index is -0.887. The van der Waals surface area contributed by atoms with Crippen LogP contribution in [0.1, 0.15) is 29.8 Å². The Labute approximate surface area is 115 Å². The van der Waals surface area contributed by atoms with Gasteiger partial charge >= 0.3 is 5.97 Å². The van der Waals surface area contributed by atoms with Gasteiger partial charge in [-0.2, -0.15) is 0 Å². The summed E-state index contributed by atoms with van der Waals surface area (Å²) in [6.45, 7) is 7.45. The van der Waals surface area contributed by atoms with Crippen LogP contribution in [0.2, 0.25) is 0 Å². The molecule has 0 aliphatic rings. The molecular weight excluding hydrogens is 242 g/mol. The summed E-state index contributed by atoms with van der Waals surface area (Å²) >= 11 is 0. The van der Waals surface area contributed by atoms with Gasteiger partial charge < -0.3 is 9.84 Å². The van der Waals surface area contributed by atoms with Crippen LogP contribution in [0, 0.1) is 5.92 Å². The van der Waals surface area contributed by atoms with Crippen LogP contribution in [0.5, 0.6) is 0 Å². The highest BCUT2D eigenvalue weighted by Gasteiger charge is 2.04. The number of rotatable bonds is 8. The summed E-state index contributed by atoms with van der Waals surface area (Å²) in [6, 6.07) is 6.99. The van der Waals surface area contributed by atoms with Gasteiger partial charge in [-0.05, 0) is 30.7 Å². The highest BCUT2D eigenvalue weighted by molar-refractivity contribution is 5.87. The molecule has 4 heteroatoms. The lowest BCUT2D eigenvalue weighted by Gasteiger charge is -2.17. The van der Waals surface area contributed by atoms with Gasteiger partial charge in [0.1, 0.15) is 0 Å². The molecule has 106 valence electrons. The molecular formula is C15H23NO3. The Bertz CT molecular complexity index is 387. The van der Waals surface area contributed by atoms with E-state index < -0.39 is 5.97 Å². The molecule has 0 unspecified atom stereocenters. The highest BCUT2D eigenvalue weighted by Crippen LogP contribution is 2.06. The predicted octanol–water partition coefficient (Wildman–Crippen LogP) is 2.49. The first-order chi connectivity index (χ1) is 8.99. The Kier molecular flexibility index (Phi) is 6.53. The normalized spacial score (nSPS) is 11.2. The van der Waals surface area contributed by atoms with Crippen molar-refractivity contribution >= 4 is 5.97 Å². The van der Waals surface area contributed by atoms with Crippen LogP contribution >= 0.6 is 0 Å². The molecule has 0 bridgehead atoms. The van der Waals surface area contributed by atoms with Gasteiger partial charge in [0, 0.05) is 19.7 Å². The number of likely N-dealkylation sites (N-methyl/N-ethyl adjacent to an activating group) is 1. The van der Waals surface area contributed by atoms with Crippen molar-refractivity contribution in [2.45, 2.75) is 20.4 Å². The first-order valence-corrected chi connectivity index (χ1v) is 6.57. The Hall–Kier alpha value is -1.39. The smallest absolute Gasteiger partial charge is 0.335 e. The number of aromatic carboxylic acids is 1. The van der Waals surface area contributed by atoms with E-state index in [1.807, 2.05) is 19.2 Å². The Morgan fingerprint density at radius 3 is 2.47 bits per heavy atom. The molecule has 0 amide bonds. The van der Waals surface area contributed by atoms with E-state index in [4.69, 9.17) is 9.84 Å². The number of carbonyl (C=O) groups is 1. The molecule has 0 atom stereocenters. The topological polar surface area (TPSA) is 49.8 Å². The number of ether oxygens (including phenoxy) is 1. The van der Waals surface area contributed by atoms with E-state index in [0.29, 0.717) is 11.5 Å². The zero-order valence-corrected chi connectivity index (χ0v) is 11.9. The molecule has 0 aliphatic carbocycles. The third-order valence-electron chi connectivity index (χ3n) is 2.72. The minimum absolute atomic E-state index is 0.326. The summed E-state index contributed by atoms with van der Waals surface area (Å²) in [4.78, 5) is 12.9. The molecule has 0 radical (unpaired) electrons. The van der Waals surface area contributed by atoms with Crippen LogP contribution in [0.25, 0.3) is 0 Å². The molecule has 0 heterocycles. The van der Waals surface area contributed by atoms with E-state index in [-0.39, 0.29) is 0 Å². The van der Waals surface area contributed by atoms with Crippen molar-refractivity contribution in [2.75, 3.05) is 26.8 Å². The van der Waals surface area contributed by atoms with Gasteiger partial charge in [0.2, 0.25) is 0 Å². The molecule has 4 nitrogen and oxygen atoms in total. The van der Waals surface area contributed by atoms with Gasteiger partial charge in [0.25, 0.3) is 0 Å². The molecule has 1 N–H and O–H groups in total. The van der Waals surface area contributed by atoms with Gasteiger partial charge in [0.15, 0.2) is 0 Å². The van der Waals surface area contributed by atoms with Crippen LogP contribution in [0.4, 0.5) is 0 Å². The maximum atomic E-state index is 10.7. The van der Waals surface area contributed by atoms with Crippen molar-refractivity contribution in [1.82, 2.24) is 4.90 Å². The molecule has 0 aromatic heterocycles. The summed E-state index contributed by atoms with van der Waals surface area (Å²) in [7, 11) is 2.03. The lowest BCUT2D eigenvalue weighted by molar-refractivity contribution is 0.0697. The lowest BCUT2D eigenvalue weighted by atomic mass is 10.1. The third kappa shape index (κ3) is 6.36. The van der Waals surface area contributed by atoms with E-state index in [1.165, 1.54) is 0 Å². The summed E-state index contributed by atoms with van der Waals surface area (Å²) in [5, 5.41) is 8.82. The SMILES string of the molecule is CC(C)COCCN(C)Cc1ccc(C(=O)O)cc1. The molecule has 1 aromatic rings. The summed E-state index contributed by atoms with van der Waals surface area (Å²) < 4.78 is 5.53. The standard InChI is InChI=1S/C15H23NO3/c1-12(2)11-19-9-8-16(3)10-13-4-6-14(7-5-13)15(17)18/h4-7,12H,8-11H2,1-3H3,(H,17,18). The molecule has 0 aliphatic heterocycles. The minimum Gasteiger partial charge on any atom is -0.478 e. The van der Waals surface area contributed by atoms with E-state index in [2.05, 4.69) is 18.7 Å². The van der Waals surface area contributed by atoms with Gasteiger partial charge in [-0.1, -0.05) is 26.0 Å². The fourth-order valence-corrected chi connectivity index (χ4v) is 1.68. The van der Waals surface area contributed by atoms with Crippen molar-refractivity contribution < 1.29 is 14.6 Å². The van der Waals surface area contributed by atoms with E-state index in [9.17, 15) is 4.79 Å². The molecule has 0 saturated carbocycles. The van der Waals surface area contributed by atoms with E-state index in [0.717, 1.165) is 31.9 Å². The highest BCUT2D eigenvalue weighted by atomic mass is 16.5. The Morgan fingerprint density at radius 2 is 1.95 bits per heavy atom. The zero-order valence-electron chi connectivity index (χ0n) is 11.9. The Morgan fingerprint density at radius 1 is 1.32 bits per heavy atom. The van der Waals surface area contributed by atoms with Crippen LogP contribution in [0.15, 0.2) is 24.3 Å². The van der Waals surface area contributed by atoms with Crippen molar-refractivity contribution in [3.05, 3.63) is 35.4 Å². The van der Waals surface area contributed by atoms with Crippen molar-refractivity contribution in [2.24, 2.45) is 5.92 Å². The predicted molar refractivity (Wildman–Crippen MR) is 75.4 cm³/mol. The van der Waals surface area contributed by atoms with Crippen LogP contribution < -0.4 is 0 Å². The summed E-state index contributed by atoms with van der Waals surface area (Å²) in [5.41, 5.74) is 1.43. The molecule has 1 aromatic carbocycles. The quantitative estimate of drug-likeness (QED) is 0.734. The average molecular weight is 265 g/mol. The lowest BCUT2D eigenvalue weighted by Crippen LogP contribution is -2.23. The molecule has 0 saturated heterocycles. The Balaban J connectivity index is 2.31. The average Bonchev–Trinajstić information content (AvgIpc) is 2.35. The largest absolute Gasteiger partial charge is 0.478 e. The molecule has 19 heavy (non-hydrogen) atoms. The van der Waals surface area contributed by atoms with Gasteiger partial charge in [-0.25, -0.2) is 4.79 Å². The first-order valence-electron chi connectivity index (χ1n) is 6.57. The van der Waals surface area contributed by atoms with Crippen molar-refractivity contribution in [1.29, 1.82) is 0 Å². The first kappa shape index (κ1) is 15.7. The summed E-state index contributed by atoms with van der Waals surface area (Å²) in [5.74, 6) is -0.323. The molecule has 0 fully saturated rings. The maximum Gasteiger partial charge on any atom is 0.335 e. The number of benzene rings is 1. The van der Waals surface area contributed by atoms with Gasteiger partial charge in [-0.15, -0.1) is 0 Å². The van der Waals surface area contributed by atoms with Crippen molar-refractivity contribution in [3.8, 4) is 0 Å². The second-order valence-electron chi connectivity index (χ2n) is 5.21. The number of carboxylic acids is 1. The van der Waals surface area contributed by atoms with Crippen molar-refractivity contribution in [3.63, 3.8) is 0 Å². The molecule has 0 spiro atoms. The summed E-state index contributed by atoms with van der Waals surface area (Å²) in [6.07, 6.45) is 0. The number of hydrogen-bond donors (Lipinski definition) is 1. The molecule has 1 rings (SSSR count). The second-order valence-corrected chi connectivity index (χ2v) is 5.21. The maximum absolute atomic E-state index is 10.7. The van der Waals surface area contributed by atoms with Crippen LogP contribution in [-0.2, 0) is 11.3 Å². The fourth-order valence-electron chi connectivity index (χ4n) is 1.68. The van der Waals surface area contributed by atoms with E-state index in [1.54, 1.807) is 12.1 Å². The number of hydrogen-bond acceptors (Lipinski definition) is 3. The van der Waals surface area contributed by atoms with Crippen LogP contribution in [-0.4, -0.2) is 42.8 Å².